The fraction of sp³-hybridized carbons (Fsp3) is 0.750. The molecular formula is C8H13NO2S. The van der Waals surface area contributed by atoms with Gasteiger partial charge in [0.1, 0.15) is 0 Å². The number of hydrogen-bond donors (Lipinski definition) is 0. The van der Waals surface area contributed by atoms with Crippen molar-refractivity contribution in [3.05, 3.63) is 0 Å². The summed E-state index contributed by atoms with van der Waals surface area (Å²) in [6, 6.07) is 0. The average molecular weight is 187 g/mol. The second-order valence-electron chi connectivity index (χ2n) is 2.76. The predicted molar refractivity (Wildman–Crippen MR) is 49.1 cm³/mol. The smallest absolute Gasteiger partial charge is 0.274 e. The van der Waals surface area contributed by atoms with E-state index in [0.717, 1.165) is 18.6 Å². The summed E-state index contributed by atoms with van der Waals surface area (Å²) < 4.78 is 0. The lowest BCUT2D eigenvalue weighted by atomic mass is 10.2. The summed E-state index contributed by atoms with van der Waals surface area (Å²) in [7, 11) is 0. The number of carbonyl (C=O) groups is 2. The van der Waals surface area contributed by atoms with E-state index < -0.39 is 0 Å². The molecule has 1 rings (SSSR count). The second-order valence-corrected chi connectivity index (χ2v) is 3.81. The Bertz CT molecular complexity index is 193. The molecule has 0 aromatic heterocycles. The number of unbranched alkanes of at least 4 members (excludes halogenated alkanes) is 1. The minimum absolute atomic E-state index is 0.00755. The Morgan fingerprint density at radius 1 is 1.67 bits per heavy atom. The van der Waals surface area contributed by atoms with Gasteiger partial charge in [0, 0.05) is 18.7 Å². The third-order valence-corrected chi connectivity index (χ3v) is 2.66. The Hall–Kier alpha value is -0.510. The van der Waals surface area contributed by atoms with Gasteiger partial charge >= 0.3 is 0 Å². The highest BCUT2D eigenvalue weighted by Crippen LogP contribution is 2.18. The Morgan fingerprint density at radius 3 is 2.92 bits per heavy atom. The van der Waals surface area contributed by atoms with Crippen LogP contribution in [-0.4, -0.2) is 28.3 Å². The molecule has 0 aliphatic carbocycles. The molecule has 0 saturated carbocycles. The van der Waals surface area contributed by atoms with Crippen molar-refractivity contribution >= 4 is 22.9 Å². The van der Waals surface area contributed by atoms with E-state index in [9.17, 15) is 9.59 Å². The molecule has 2 amide bonds. The van der Waals surface area contributed by atoms with Crippen LogP contribution in [0, 0.1) is 0 Å². The molecule has 0 spiro atoms. The molecule has 0 atom stereocenters. The molecule has 0 aromatic carbocycles. The zero-order valence-corrected chi connectivity index (χ0v) is 8.02. The van der Waals surface area contributed by atoms with Gasteiger partial charge < -0.3 is 0 Å². The number of thioether (sulfide) groups is 1. The van der Waals surface area contributed by atoms with Crippen molar-refractivity contribution < 1.29 is 9.59 Å². The van der Waals surface area contributed by atoms with Crippen molar-refractivity contribution in [1.82, 2.24) is 4.90 Å². The molecule has 1 aliphatic heterocycles. The first-order valence-electron chi connectivity index (χ1n) is 4.23. The predicted octanol–water partition coefficient (Wildman–Crippen LogP) is 1.87. The van der Waals surface area contributed by atoms with Crippen LogP contribution in [0.5, 0.6) is 0 Å². The minimum Gasteiger partial charge on any atom is -0.274 e. The van der Waals surface area contributed by atoms with Crippen LogP contribution < -0.4 is 0 Å². The van der Waals surface area contributed by atoms with E-state index in [1.807, 2.05) is 6.92 Å². The molecule has 0 unspecified atom stereocenters. The molecular weight excluding hydrogens is 174 g/mol. The van der Waals surface area contributed by atoms with Crippen LogP contribution in [0.3, 0.4) is 0 Å². The van der Waals surface area contributed by atoms with Gasteiger partial charge in [0.2, 0.25) is 5.91 Å². The van der Waals surface area contributed by atoms with Gasteiger partial charge in [-0.2, -0.15) is 0 Å². The first-order chi connectivity index (χ1) is 5.75. The molecule has 1 heterocycles. The Balaban J connectivity index is 2.36. The maximum Gasteiger partial charge on any atom is 0.288 e. The summed E-state index contributed by atoms with van der Waals surface area (Å²) in [4.78, 5) is 23.7. The van der Waals surface area contributed by atoms with Crippen molar-refractivity contribution in [2.24, 2.45) is 0 Å². The van der Waals surface area contributed by atoms with Gasteiger partial charge in [-0.3, -0.25) is 14.5 Å². The van der Waals surface area contributed by atoms with Gasteiger partial charge in [-0.15, -0.1) is 0 Å². The van der Waals surface area contributed by atoms with Crippen molar-refractivity contribution in [3.8, 4) is 0 Å². The lowest BCUT2D eigenvalue weighted by molar-refractivity contribution is -0.127. The molecule has 1 saturated heterocycles. The first kappa shape index (κ1) is 9.58. The van der Waals surface area contributed by atoms with Crippen LogP contribution in [-0.2, 0) is 4.79 Å². The zero-order valence-electron chi connectivity index (χ0n) is 7.21. The van der Waals surface area contributed by atoms with Crippen LogP contribution >= 0.6 is 11.8 Å². The van der Waals surface area contributed by atoms with Gasteiger partial charge in [-0.1, -0.05) is 25.1 Å². The Morgan fingerprint density at radius 2 is 2.42 bits per heavy atom. The molecule has 1 aliphatic rings. The lowest BCUT2D eigenvalue weighted by Crippen LogP contribution is -2.30. The highest BCUT2D eigenvalue weighted by molar-refractivity contribution is 8.13. The molecule has 1 fully saturated rings. The zero-order chi connectivity index (χ0) is 8.97. The quantitative estimate of drug-likeness (QED) is 0.677. The number of carbonyl (C=O) groups excluding carboxylic acids is 2. The maximum absolute atomic E-state index is 11.3. The number of hydrogen-bond acceptors (Lipinski definition) is 3. The van der Waals surface area contributed by atoms with E-state index >= 15 is 0 Å². The summed E-state index contributed by atoms with van der Waals surface area (Å²) in [5.74, 6) is 0.753. The van der Waals surface area contributed by atoms with Gasteiger partial charge in [-0.05, 0) is 6.42 Å². The summed E-state index contributed by atoms with van der Waals surface area (Å²) >= 11 is 1.23. The normalized spacial score (nSPS) is 17.1. The topological polar surface area (TPSA) is 37.4 Å². The van der Waals surface area contributed by atoms with Crippen LogP contribution in [0.25, 0.3) is 0 Å². The average Bonchev–Trinajstić information content (AvgIpc) is 2.47. The van der Waals surface area contributed by atoms with Crippen molar-refractivity contribution in [1.29, 1.82) is 0 Å². The fourth-order valence-electron chi connectivity index (χ4n) is 1.08. The third-order valence-electron chi connectivity index (χ3n) is 1.81. The highest BCUT2D eigenvalue weighted by atomic mass is 32.2. The third kappa shape index (κ3) is 2.24. The standard InChI is InChI=1S/C8H13NO2S/c1-2-3-4-7(10)9-5-6-12-8(9)11/h2-6H2,1H3. The SMILES string of the molecule is CCCCC(=O)N1CCSC1=O. The lowest BCUT2D eigenvalue weighted by Gasteiger charge is -2.11. The van der Waals surface area contributed by atoms with Crippen molar-refractivity contribution in [2.45, 2.75) is 26.2 Å². The molecule has 4 heteroatoms. The second kappa shape index (κ2) is 4.50. The van der Waals surface area contributed by atoms with Gasteiger partial charge in [-0.25, -0.2) is 0 Å². The number of rotatable bonds is 3. The molecule has 12 heavy (non-hydrogen) atoms. The minimum atomic E-state index is -0.0731. The van der Waals surface area contributed by atoms with E-state index in [4.69, 9.17) is 0 Å². The van der Waals surface area contributed by atoms with E-state index in [2.05, 4.69) is 0 Å². The largest absolute Gasteiger partial charge is 0.288 e. The van der Waals surface area contributed by atoms with Gasteiger partial charge in [0.05, 0.1) is 0 Å². The first-order valence-corrected chi connectivity index (χ1v) is 5.21. The summed E-state index contributed by atoms with van der Waals surface area (Å²) in [6.45, 7) is 2.64. The van der Waals surface area contributed by atoms with Crippen LogP contribution in [0.1, 0.15) is 26.2 Å². The summed E-state index contributed by atoms with van der Waals surface area (Å²) in [6.07, 6.45) is 2.40. The summed E-state index contributed by atoms with van der Waals surface area (Å²) in [5.41, 5.74) is 0. The number of imide groups is 1. The maximum atomic E-state index is 11.3. The van der Waals surface area contributed by atoms with Crippen LogP contribution in [0.15, 0.2) is 0 Å². The van der Waals surface area contributed by atoms with Crippen molar-refractivity contribution in [3.63, 3.8) is 0 Å². The molecule has 0 radical (unpaired) electrons. The number of amides is 2. The van der Waals surface area contributed by atoms with Gasteiger partial charge in [0.15, 0.2) is 0 Å². The molecule has 0 bridgehead atoms. The van der Waals surface area contributed by atoms with Gasteiger partial charge in [0.25, 0.3) is 5.24 Å². The van der Waals surface area contributed by atoms with Crippen LogP contribution in [0.4, 0.5) is 4.79 Å². The Kier molecular flexibility index (Phi) is 3.59. The van der Waals surface area contributed by atoms with E-state index in [1.54, 1.807) is 0 Å². The monoisotopic (exact) mass is 187 g/mol. The number of nitrogens with zero attached hydrogens (tertiary/aromatic N) is 1. The van der Waals surface area contributed by atoms with E-state index in [1.165, 1.54) is 16.7 Å². The van der Waals surface area contributed by atoms with Crippen LogP contribution in [0.2, 0.25) is 0 Å². The molecule has 68 valence electrons. The van der Waals surface area contributed by atoms with E-state index in [-0.39, 0.29) is 11.1 Å². The molecule has 3 nitrogen and oxygen atoms in total. The Labute approximate surface area is 76.5 Å². The molecule has 0 N–H and O–H groups in total. The summed E-state index contributed by atoms with van der Waals surface area (Å²) in [5, 5.41) is -0.0731. The molecule has 0 aromatic rings. The fourth-order valence-corrected chi connectivity index (χ4v) is 1.88. The van der Waals surface area contributed by atoms with E-state index in [0.29, 0.717) is 13.0 Å². The highest BCUT2D eigenvalue weighted by Gasteiger charge is 2.26. The van der Waals surface area contributed by atoms with Crippen molar-refractivity contribution in [2.75, 3.05) is 12.3 Å².